The van der Waals surface area contributed by atoms with Gasteiger partial charge in [0.15, 0.2) is 11.6 Å². The lowest BCUT2D eigenvalue weighted by Gasteiger charge is -2.11. The number of carbonyl (C=O) groups is 2. The Morgan fingerprint density at radius 2 is 2.09 bits per heavy atom. The first-order valence-electron chi connectivity index (χ1n) is 10.1. The first-order chi connectivity index (χ1) is 15.2. The normalized spacial score (nSPS) is 18.3. The number of hydrogen-bond acceptors (Lipinski definition) is 6. The summed E-state index contributed by atoms with van der Waals surface area (Å²) in [6.45, 7) is 3.80. The van der Waals surface area contributed by atoms with Crippen molar-refractivity contribution in [3.05, 3.63) is 53.9 Å². The third kappa shape index (κ3) is 7.54. The Bertz CT molecular complexity index is 928. The van der Waals surface area contributed by atoms with Crippen LogP contribution in [0.4, 0.5) is 14.5 Å². The number of benzene rings is 1. The van der Waals surface area contributed by atoms with E-state index in [4.69, 9.17) is 20.3 Å². The molecule has 1 aliphatic heterocycles. The summed E-state index contributed by atoms with van der Waals surface area (Å²) >= 11 is 0. The van der Waals surface area contributed by atoms with Gasteiger partial charge in [0.2, 0.25) is 5.82 Å². The van der Waals surface area contributed by atoms with Crippen molar-refractivity contribution in [2.45, 2.75) is 38.9 Å². The van der Waals surface area contributed by atoms with E-state index in [1.165, 1.54) is 24.4 Å². The van der Waals surface area contributed by atoms with E-state index in [2.05, 4.69) is 10.3 Å². The highest BCUT2D eigenvalue weighted by atomic mass is 19.2. The fourth-order valence-electron chi connectivity index (χ4n) is 2.74. The fourth-order valence-corrected chi connectivity index (χ4v) is 2.74. The Balaban J connectivity index is 0.000000235. The average molecular weight is 451 g/mol. The number of aliphatic hydroxyl groups is 1. The van der Waals surface area contributed by atoms with E-state index in [-0.39, 0.29) is 42.6 Å². The molecule has 0 saturated carbocycles. The predicted octanol–water partition coefficient (Wildman–Crippen LogP) is 2.66. The summed E-state index contributed by atoms with van der Waals surface area (Å²) in [5.74, 6) is -2.97. The average Bonchev–Trinajstić information content (AvgIpc) is 3.21. The smallest absolute Gasteiger partial charge is 0.267 e. The Kier molecular flexibility index (Phi) is 9.48. The van der Waals surface area contributed by atoms with Crippen LogP contribution in [0, 0.1) is 17.6 Å². The molecule has 3 rings (SSSR count). The number of halogens is 2. The molecule has 1 saturated heterocycles. The number of anilines is 1. The lowest BCUT2D eigenvalue weighted by molar-refractivity contribution is -0.126. The third-order valence-electron chi connectivity index (χ3n) is 4.56. The van der Waals surface area contributed by atoms with Gasteiger partial charge in [-0.3, -0.25) is 14.6 Å². The lowest BCUT2D eigenvalue weighted by Crippen LogP contribution is -2.28. The number of aliphatic hydroxyl groups excluding tert-OH is 1. The molecule has 1 aromatic heterocycles. The van der Waals surface area contributed by atoms with Gasteiger partial charge < -0.3 is 25.6 Å². The Morgan fingerprint density at radius 1 is 1.34 bits per heavy atom. The second kappa shape index (κ2) is 12.1. The molecule has 8 nitrogen and oxygen atoms in total. The van der Waals surface area contributed by atoms with Gasteiger partial charge in [-0.15, -0.1) is 0 Å². The van der Waals surface area contributed by atoms with Crippen molar-refractivity contribution in [2.24, 2.45) is 11.7 Å². The molecular formula is C22H27F2N3O5. The van der Waals surface area contributed by atoms with Crippen molar-refractivity contribution in [3.8, 4) is 5.75 Å². The van der Waals surface area contributed by atoms with E-state index >= 15 is 0 Å². The highest BCUT2D eigenvalue weighted by Gasteiger charge is 2.28. The summed E-state index contributed by atoms with van der Waals surface area (Å²) in [4.78, 5) is 26.6. The maximum absolute atomic E-state index is 13.0. The largest absolute Gasteiger partial charge is 0.490 e. The second-order valence-corrected chi connectivity index (χ2v) is 7.45. The fraction of sp³-hybridized carbons (Fsp3) is 0.409. The highest BCUT2D eigenvalue weighted by Crippen LogP contribution is 2.21. The quantitative estimate of drug-likeness (QED) is 0.595. The van der Waals surface area contributed by atoms with Crippen LogP contribution in [0.5, 0.6) is 5.75 Å². The first-order valence-corrected chi connectivity index (χ1v) is 10.1. The number of amides is 2. The van der Waals surface area contributed by atoms with Gasteiger partial charge in [-0.1, -0.05) is 13.0 Å². The molecule has 3 atom stereocenters. The minimum absolute atomic E-state index is 0.0447. The summed E-state index contributed by atoms with van der Waals surface area (Å²) in [6.07, 6.45) is 2.69. The zero-order valence-corrected chi connectivity index (χ0v) is 17.9. The zero-order valence-electron chi connectivity index (χ0n) is 17.9. The van der Waals surface area contributed by atoms with Crippen molar-refractivity contribution in [1.29, 1.82) is 0 Å². The molecule has 0 spiro atoms. The van der Waals surface area contributed by atoms with Crippen molar-refractivity contribution in [3.63, 3.8) is 0 Å². The van der Waals surface area contributed by atoms with Gasteiger partial charge in [-0.25, -0.2) is 4.39 Å². The van der Waals surface area contributed by atoms with Gasteiger partial charge in [-0.05, 0) is 44.0 Å². The second-order valence-electron chi connectivity index (χ2n) is 7.45. The number of pyridine rings is 1. The SMILES string of the molecule is CC(CO)COc1cccc(F)c1F.CC1CCC(C(=O)Nc2ccnc(C(N)=O)c2)O1. The molecule has 0 radical (unpaired) electrons. The Morgan fingerprint density at radius 3 is 2.72 bits per heavy atom. The van der Waals surface area contributed by atoms with Crippen molar-refractivity contribution in [2.75, 3.05) is 18.5 Å². The molecule has 3 unspecified atom stereocenters. The van der Waals surface area contributed by atoms with E-state index in [0.717, 1.165) is 12.5 Å². The minimum atomic E-state index is -0.988. The highest BCUT2D eigenvalue weighted by molar-refractivity contribution is 5.96. The molecule has 1 aromatic carbocycles. The van der Waals surface area contributed by atoms with E-state index in [1.807, 2.05) is 6.92 Å². The van der Waals surface area contributed by atoms with E-state index in [0.29, 0.717) is 12.1 Å². The summed E-state index contributed by atoms with van der Waals surface area (Å²) in [5, 5.41) is 11.4. The van der Waals surface area contributed by atoms with Crippen LogP contribution in [0.15, 0.2) is 36.5 Å². The number of ether oxygens (including phenoxy) is 2. The number of hydrogen-bond donors (Lipinski definition) is 3. The lowest BCUT2D eigenvalue weighted by atomic mass is 10.2. The molecule has 0 bridgehead atoms. The summed E-state index contributed by atoms with van der Waals surface area (Å²) in [6, 6.07) is 6.79. The van der Waals surface area contributed by atoms with Crippen LogP contribution in [0.1, 0.15) is 37.2 Å². The summed E-state index contributed by atoms with van der Waals surface area (Å²) in [7, 11) is 0. The van der Waals surface area contributed by atoms with Crippen LogP contribution < -0.4 is 15.8 Å². The number of aromatic nitrogens is 1. The third-order valence-corrected chi connectivity index (χ3v) is 4.56. The number of primary amides is 1. The van der Waals surface area contributed by atoms with Crippen LogP contribution in [0.3, 0.4) is 0 Å². The number of nitrogens with two attached hydrogens (primary N) is 1. The molecule has 10 heteroatoms. The monoisotopic (exact) mass is 451 g/mol. The molecular weight excluding hydrogens is 424 g/mol. The molecule has 174 valence electrons. The summed E-state index contributed by atoms with van der Waals surface area (Å²) in [5.41, 5.74) is 5.73. The molecule has 2 amide bonds. The number of rotatable bonds is 7. The van der Waals surface area contributed by atoms with Gasteiger partial charge in [-0.2, -0.15) is 4.39 Å². The molecule has 2 heterocycles. The molecule has 4 N–H and O–H groups in total. The van der Waals surface area contributed by atoms with Crippen molar-refractivity contribution in [1.82, 2.24) is 4.98 Å². The van der Waals surface area contributed by atoms with Crippen LogP contribution in [0.2, 0.25) is 0 Å². The minimum Gasteiger partial charge on any atom is -0.490 e. The standard InChI is InChI=1S/C12H15N3O3.C10H12F2O2/c1-7-2-3-10(18-7)12(17)15-8-4-5-14-9(6-8)11(13)16;1-7(5-13)6-14-9-4-2-3-8(11)10(9)12/h4-7,10H,2-3H2,1H3,(H2,13,16)(H,14,15,17);2-4,7,13H,5-6H2,1H3. The van der Waals surface area contributed by atoms with Gasteiger partial charge in [0, 0.05) is 24.4 Å². The van der Waals surface area contributed by atoms with Crippen LogP contribution in [-0.2, 0) is 9.53 Å². The maximum Gasteiger partial charge on any atom is 0.267 e. The van der Waals surface area contributed by atoms with Crippen molar-refractivity contribution >= 4 is 17.5 Å². The first kappa shape index (κ1) is 25.2. The Labute approximate surface area is 184 Å². The van der Waals surface area contributed by atoms with Gasteiger partial charge in [0.05, 0.1) is 12.7 Å². The van der Waals surface area contributed by atoms with Gasteiger partial charge >= 0.3 is 0 Å². The molecule has 0 aliphatic carbocycles. The van der Waals surface area contributed by atoms with E-state index in [9.17, 15) is 18.4 Å². The zero-order chi connectivity index (χ0) is 23.7. The molecule has 1 fully saturated rings. The van der Waals surface area contributed by atoms with Gasteiger partial charge in [0.1, 0.15) is 11.8 Å². The number of nitrogens with one attached hydrogen (secondary N) is 1. The van der Waals surface area contributed by atoms with Crippen LogP contribution in [-0.4, -0.2) is 47.3 Å². The topological polar surface area (TPSA) is 124 Å². The van der Waals surface area contributed by atoms with E-state index < -0.39 is 23.6 Å². The van der Waals surface area contributed by atoms with Crippen LogP contribution in [0.25, 0.3) is 0 Å². The van der Waals surface area contributed by atoms with Crippen LogP contribution >= 0.6 is 0 Å². The van der Waals surface area contributed by atoms with Crippen molar-refractivity contribution < 1.29 is 33.0 Å². The predicted molar refractivity (Wildman–Crippen MR) is 113 cm³/mol. The molecule has 1 aliphatic rings. The maximum atomic E-state index is 13.0. The van der Waals surface area contributed by atoms with E-state index in [1.54, 1.807) is 13.0 Å². The number of nitrogens with zero attached hydrogens (tertiary/aromatic N) is 1. The Hall–Kier alpha value is -3.11. The molecule has 2 aromatic rings. The number of carbonyl (C=O) groups excluding carboxylic acids is 2. The van der Waals surface area contributed by atoms with Gasteiger partial charge in [0.25, 0.3) is 11.8 Å². The summed E-state index contributed by atoms with van der Waals surface area (Å²) < 4.78 is 36.1. The molecule has 32 heavy (non-hydrogen) atoms.